The van der Waals surface area contributed by atoms with Crippen LogP contribution in [0.3, 0.4) is 0 Å². The Kier molecular flexibility index (Phi) is 4.45. The Hall–Kier alpha value is -0.700. The van der Waals surface area contributed by atoms with E-state index in [4.69, 9.17) is 15.9 Å². The molecule has 0 aliphatic rings. The van der Waals surface area contributed by atoms with Crippen molar-refractivity contribution in [2.45, 2.75) is 4.90 Å². The first-order valence-electron chi connectivity index (χ1n) is 4.06. The van der Waals surface area contributed by atoms with Crippen molar-refractivity contribution in [1.29, 1.82) is 5.26 Å². The molecule has 1 aromatic rings. The number of hydrogen-bond acceptors (Lipinski definition) is 4. The van der Waals surface area contributed by atoms with Crippen molar-refractivity contribution in [2.24, 2.45) is 0 Å². The van der Waals surface area contributed by atoms with Crippen molar-refractivity contribution in [2.75, 3.05) is 11.5 Å². The summed E-state index contributed by atoms with van der Waals surface area (Å²) in [7, 11) is 1.65. The number of benzene rings is 1. The van der Waals surface area contributed by atoms with Crippen molar-refractivity contribution in [1.82, 2.24) is 0 Å². The Morgan fingerprint density at radius 1 is 1.33 bits per heavy atom. The van der Waals surface area contributed by atoms with Crippen LogP contribution in [0.15, 0.2) is 29.2 Å². The maximum absolute atomic E-state index is 10.6. The van der Waals surface area contributed by atoms with E-state index in [1.165, 1.54) is 11.8 Å². The lowest BCUT2D eigenvalue weighted by Gasteiger charge is -1.99. The van der Waals surface area contributed by atoms with E-state index in [0.29, 0.717) is 11.3 Å². The number of hydrogen-bond donors (Lipinski definition) is 0. The molecule has 0 fully saturated rings. The molecule has 0 aliphatic heterocycles. The molecule has 0 amide bonds. The lowest BCUT2D eigenvalue weighted by atomic mass is 10.2. The molecular formula is C9H8ClNO2S2. The first kappa shape index (κ1) is 12.4. The average molecular weight is 262 g/mol. The molecule has 0 aliphatic carbocycles. The zero-order valence-corrected chi connectivity index (χ0v) is 10.1. The van der Waals surface area contributed by atoms with Crippen LogP contribution in [0.2, 0.25) is 0 Å². The lowest BCUT2D eigenvalue weighted by molar-refractivity contribution is 0.611. The molecule has 0 saturated carbocycles. The van der Waals surface area contributed by atoms with Gasteiger partial charge in [-0.1, -0.05) is 0 Å². The fourth-order valence-corrected chi connectivity index (χ4v) is 3.15. The molecule has 6 heteroatoms. The van der Waals surface area contributed by atoms with E-state index in [2.05, 4.69) is 0 Å². The second-order valence-corrected chi connectivity index (χ2v) is 6.79. The Labute approximate surface area is 97.5 Å². The van der Waals surface area contributed by atoms with Crippen LogP contribution < -0.4 is 0 Å². The third-order valence-electron chi connectivity index (χ3n) is 1.58. The summed E-state index contributed by atoms with van der Waals surface area (Å²) in [5.41, 5.74) is 0.587. The predicted octanol–water partition coefficient (Wildman–Crippen LogP) is 2.22. The summed E-state index contributed by atoms with van der Waals surface area (Å²) < 4.78 is 21.3. The quantitative estimate of drug-likeness (QED) is 0.616. The van der Waals surface area contributed by atoms with Gasteiger partial charge in [0.15, 0.2) is 0 Å². The molecule has 1 aromatic carbocycles. The molecule has 0 atom stereocenters. The predicted molar refractivity (Wildman–Crippen MR) is 61.5 cm³/mol. The largest absolute Gasteiger partial charge is 0.233 e. The van der Waals surface area contributed by atoms with E-state index < -0.39 is 9.05 Å². The van der Waals surface area contributed by atoms with Crippen LogP contribution in [0.1, 0.15) is 5.56 Å². The number of nitrogens with zero attached hydrogens (tertiary/aromatic N) is 1. The van der Waals surface area contributed by atoms with Crippen LogP contribution in [0.4, 0.5) is 0 Å². The molecule has 15 heavy (non-hydrogen) atoms. The normalized spacial score (nSPS) is 10.9. The van der Waals surface area contributed by atoms with Gasteiger partial charge in [0.25, 0.3) is 0 Å². The first-order chi connectivity index (χ1) is 7.01. The number of nitriles is 1. The molecule has 0 bridgehead atoms. The van der Waals surface area contributed by atoms with Crippen LogP contribution in [-0.2, 0) is 9.05 Å². The van der Waals surface area contributed by atoms with Crippen molar-refractivity contribution in [3.63, 3.8) is 0 Å². The van der Waals surface area contributed by atoms with E-state index in [1.807, 2.05) is 6.07 Å². The molecule has 80 valence electrons. The fourth-order valence-electron chi connectivity index (χ4n) is 0.885. The third-order valence-corrected chi connectivity index (χ3v) is 4.01. The number of thioether (sulfide) groups is 1. The third kappa shape index (κ3) is 5.07. The molecule has 1 rings (SSSR count). The average Bonchev–Trinajstić information content (AvgIpc) is 2.17. The lowest BCUT2D eigenvalue weighted by Crippen LogP contribution is -1.99. The maximum Gasteiger partial charge on any atom is 0.233 e. The molecule has 0 unspecified atom stereocenters. The maximum atomic E-state index is 10.6. The van der Waals surface area contributed by atoms with Gasteiger partial charge in [-0.2, -0.15) is 5.26 Å². The van der Waals surface area contributed by atoms with Crippen molar-refractivity contribution < 1.29 is 8.42 Å². The van der Waals surface area contributed by atoms with E-state index in [1.54, 1.807) is 24.3 Å². The van der Waals surface area contributed by atoms with Gasteiger partial charge in [-0.05, 0) is 24.3 Å². The minimum Gasteiger partial charge on any atom is -0.212 e. The highest BCUT2D eigenvalue weighted by molar-refractivity contribution is 8.14. The highest BCUT2D eigenvalue weighted by Gasteiger charge is 2.04. The molecule has 0 radical (unpaired) electrons. The summed E-state index contributed by atoms with van der Waals surface area (Å²) in [6.45, 7) is 0. The standard InChI is InChI=1S/C9H8ClNO2S2/c10-15(12,13)6-5-14-9-3-1-8(7-11)2-4-9/h1-4H,5-6H2. The van der Waals surface area contributed by atoms with Crippen LogP contribution in [0.5, 0.6) is 0 Å². The van der Waals surface area contributed by atoms with Crippen LogP contribution in [0.25, 0.3) is 0 Å². The Balaban J connectivity index is 2.49. The van der Waals surface area contributed by atoms with Gasteiger partial charge in [-0.15, -0.1) is 11.8 Å². The molecule has 0 N–H and O–H groups in total. The zero-order valence-electron chi connectivity index (χ0n) is 7.68. The monoisotopic (exact) mass is 261 g/mol. The summed E-state index contributed by atoms with van der Waals surface area (Å²) in [4.78, 5) is 0.925. The van der Waals surface area contributed by atoms with E-state index >= 15 is 0 Å². The van der Waals surface area contributed by atoms with Crippen molar-refractivity contribution in [3.8, 4) is 6.07 Å². The Morgan fingerprint density at radius 2 is 1.93 bits per heavy atom. The highest BCUT2D eigenvalue weighted by atomic mass is 35.7. The molecule has 0 heterocycles. The van der Waals surface area contributed by atoms with Crippen molar-refractivity contribution >= 4 is 31.5 Å². The molecule has 0 spiro atoms. The summed E-state index contributed by atoms with van der Waals surface area (Å²) in [6, 6.07) is 8.96. The summed E-state index contributed by atoms with van der Waals surface area (Å²) >= 11 is 1.39. The molecule has 3 nitrogen and oxygen atoms in total. The smallest absolute Gasteiger partial charge is 0.212 e. The van der Waals surface area contributed by atoms with Gasteiger partial charge in [0, 0.05) is 21.3 Å². The van der Waals surface area contributed by atoms with Gasteiger partial charge >= 0.3 is 0 Å². The van der Waals surface area contributed by atoms with E-state index in [0.717, 1.165) is 4.90 Å². The van der Waals surface area contributed by atoms with Gasteiger partial charge in [0.2, 0.25) is 9.05 Å². The van der Waals surface area contributed by atoms with Gasteiger partial charge < -0.3 is 0 Å². The summed E-state index contributed by atoms with van der Waals surface area (Å²) in [6.07, 6.45) is 0. The molecule has 0 saturated heterocycles. The summed E-state index contributed by atoms with van der Waals surface area (Å²) in [5, 5.41) is 8.56. The summed E-state index contributed by atoms with van der Waals surface area (Å²) in [5.74, 6) is 0.358. The van der Waals surface area contributed by atoms with Crippen LogP contribution in [-0.4, -0.2) is 19.9 Å². The van der Waals surface area contributed by atoms with Gasteiger partial charge in [-0.25, -0.2) is 8.42 Å². The van der Waals surface area contributed by atoms with E-state index in [-0.39, 0.29) is 5.75 Å². The molecular weight excluding hydrogens is 254 g/mol. The first-order valence-corrected chi connectivity index (χ1v) is 7.53. The van der Waals surface area contributed by atoms with Gasteiger partial charge in [0.05, 0.1) is 17.4 Å². The molecule has 0 aromatic heterocycles. The Bertz CT molecular complexity index is 462. The van der Waals surface area contributed by atoms with E-state index in [9.17, 15) is 8.42 Å². The minimum absolute atomic E-state index is 0.0563. The minimum atomic E-state index is -3.41. The Morgan fingerprint density at radius 3 is 2.40 bits per heavy atom. The topological polar surface area (TPSA) is 57.9 Å². The highest BCUT2D eigenvalue weighted by Crippen LogP contribution is 2.18. The number of rotatable bonds is 4. The SMILES string of the molecule is N#Cc1ccc(SCCS(=O)(=O)Cl)cc1. The second-order valence-electron chi connectivity index (χ2n) is 2.73. The second kappa shape index (κ2) is 5.40. The number of halogens is 1. The van der Waals surface area contributed by atoms with Gasteiger partial charge in [0.1, 0.15) is 0 Å². The zero-order chi connectivity index (χ0) is 11.3. The van der Waals surface area contributed by atoms with Crippen molar-refractivity contribution in [3.05, 3.63) is 29.8 Å². The van der Waals surface area contributed by atoms with Crippen LogP contribution in [0, 0.1) is 11.3 Å². The fraction of sp³-hybridized carbons (Fsp3) is 0.222. The van der Waals surface area contributed by atoms with Crippen LogP contribution >= 0.6 is 22.4 Å². The van der Waals surface area contributed by atoms with Gasteiger partial charge in [-0.3, -0.25) is 0 Å².